The summed E-state index contributed by atoms with van der Waals surface area (Å²) < 4.78 is 6.83. The van der Waals surface area contributed by atoms with Crippen molar-refractivity contribution >= 4 is 27.5 Å². The van der Waals surface area contributed by atoms with Gasteiger partial charge in [0.1, 0.15) is 5.75 Å². The number of rotatable bonds is 4. The summed E-state index contributed by atoms with van der Waals surface area (Å²) in [5.41, 5.74) is 1.43. The van der Waals surface area contributed by atoms with E-state index in [0.717, 1.165) is 15.8 Å². The smallest absolute Gasteiger partial charge is 0.124 e. The van der Waals surface area contributed by atoms with Crippen molar-refractivity contribution in [3.63, 3.8) is 0 Å². The van der Waals surface area contributed by atoms with E-state index in [0.29, 0.717) is 17.9 Å². The second kappa shape index (κ2) is 6.70. The quantitative estimate of drug-likeness (QED) is 0.569. The van der Waals surface area contributed by atoms with Gasteiger partial charge in [0.25, 0.3) is 0 Å². The molecule has 1 aromatic rings. The van der Waals surface area contributed by atoms with Crippen molar-refractivity contribution < 1.29 is 4.74 Å². The average Bonchev–Trinajstić information content (AvgIpc) is 2.40. The largest absolute Gasteiger partial charge is 0.494 e. The van der Waals surface area contributed by atoms with E-state index in [1.165, 1.54) is 25.7 Å². The number of hydrogen-bond acceptors (Lipinski definition) is 1. The standard InChI is InChI=1S/C17H24BrClO/c1-4-20-15-9-8-12(18)11-13(15)16(19)14-7-5-6-10-17(14,2)3/h8-9,11,14,16H,4-7,10H2,1-3H3. The van der Waals surface area contributed by atoms with Crippen LogP contribution in [0.1, 0.15) is 57.4 Å². The van der Waals surface area contributed by atoms with Crippen molar-refractivity contribution in [2.75, 3.05) is 6.61 Å². The lowest BCUT2D eigenvalue weighted by molar-refractivity contribution is 0.132. The lowest BCUT2D eigenvalue weighted by atomic mass is 9.66. The van der Waals surface area contributed by atoms with E-state index in [1.807, 2.05) is 19.1 Å². The third-order valence-corrected chi connectivity index (χ3v) is 5.54. The van der Waals surface area contributed by atoms with E-state index in [4.69, 9.17) is 16.3 Å². The minimum Gasteiger partial charge on any atom is -0.494 e. The Morgan fingerprint density at radius 3 is 2.80 bits per heavy atom. The summed E-state index contributed by atoms with van der Waals surface area (Å²) in [5.74, 6) is 1.43. The average molecular weight is 360 g/mol. The Hall–Kier alpha value is -0.210. The van der Waals surface area contributed by atoms with E-state index in [2.05, 4.69) is 35.8 Å². The van der Waals surface area contributed by atoms with Gasteiger partial charge in [0.15, 0.2) is 0 Å². The minimum atomic E-state index is 0.0179. The molecule has 1 fully saturated rings. The van der Waals surface area contributed by atoms with Crippen LogP contribution in [-0.2, 0) is 0 Å². The van der Waals surface area contributed by atoms with E-state index in [-0.39, 0.29) is 5.38 Å². The molecule has 0 aromatic heterocycles. The van der Waals surface area contributed by atoms with Crippen molar-refractivity contribution in [2.45, 2.75) is 51.8 Å². The molecular weight excluding hydrogens is 336 g/mol. The minimum absolute atomic E-state index is 0.0179. The van der Waals surface area contributed by atoms with Gasteiger partial charge in [0.05, 0.1) is 12.0 Å². The zero-order valence-corrected chi connectivity index (χ0v) is 14.9. The van der Waals surface area contributed by atoms with Crippen LogP contribution in [0.4, 0.5) is 0 Å². The van der Waals surface area contributed by atoms with Gasteiger partial charge in [0, 0.05) is 10.0 Å². The van der Waals surface area contributed by atoms with E-state index in [9.17, 15) is 0 Å². The van der Waals surface area contributed by atoms with Gasteiger partial charge >= 0.3 is 0 Å². The fourth-order valence-corrected chi connectivity index (χ4v) is 4.32. The number of alkyl halides is 1. The predicted octanol–water partition coefficient (Wildman–Crippen LogP) is 6.34. The highest BCUT2D eigenvalue weighted by atomic mass is 79.9. The second-order valence-corrected chi connectivity index (χ2v) is 7.74. The summed E-state index contributed by atoms with van der Waals surface area (Å²) in [6.07, 6.45) is 5.08. The molecule has 0 spiro atoms. The Kier molecular flexibility index (Phi) is 5.42. The monoisotopic (exact) mass is 358 g/mol. The first-order valence-electron chi connectivity index (χ1n) is 7.52. The summed E-state index contributed by atoms with van der Waals surface area (Å²) in [5, 5.41) is 0.0179. The zero-order valence-electron chi connectivity index (χ0n) is 12.6. The molecule has 20 heavy (non-hydrogen) atoms. The third kappa shape index (κ3) is 3.51. The van der Waals surface area contributed by atoms with Crippen LogP contribution < -0.4 is 4.74 Å². The van der Waals surface area contributed by atoms with E-state index < -0.39 is 0 Å². The van der Waals surface area contributed by atoms with Gasteiger partial charge in [-0.25, -0.2) is 0 Å². The van der Waals surface area contributed by atoms with E-state index >= 15 is 0 Å². The maximum absolute atomic E-state index is 6.88. The molecular formula is C17H24BrClO. The van der Waals surface area contributed by atoms with Gasteiger partial charge in [-0.1, -0.05) is 42.6 Å². The van der Waals surface area contributed by atoms with Gasteiger partial charge in [-0.2, -0.15) is 0 Å². The molecule has 112 valence electrons. The molecule has 1 nitrogen and oxygen atoms in total. The summed E-state index contributed by atoms with van der Waals surface area (Å²) in [7, 11) is 0. The molecule has 0 bridgehead atoms. The topological polar surface area (TPSA) is 9.23 Å². The molecule has 1 aromatic carbocycles. The Bertz CT molecular complexity index is 458. The third-order valence-electron chi connectivity index (χ3n) is 4.51. The lowest BCUT2D eigenvalue weighted by Crippen LogP contribution is -2.31. The highest BCUT2D eigenvalue weighted by Crippen LogP contribution is 2.51. The first kappa shape index (κ1) is 16.2. The molecule has 0 saturated heterocycles. The van der Waals surface area contributed by atoms with Crippen LogP contribution >= 0.6 is 27.5 Å². The van der Waals surface area contributed by atoms with Crippen LogP contribution in [0.25, 0.3) is 0 Å². The fourth-order valence-electron chi connectivity index (χ4n) is 3.30. The maximum Gasteiger partial charge on any atom is 0.124 e. The number of hydrogen-bond donors (Lipinski definition) is 0. The normalized spacial score (nSPS) is 23.4. The Morgan fingerprint density at radius 1 is 1.40 bits per heavy atom. The van der Waals surface area contributed by atoms with Crippen LogP contribution in [-0.4, -0.2) is 6.61 Å². The van der Waals surface area contributed by atoms with Crippen molar-refractivity contribution in [1.82, 2.24) is 0 Å². The molecule has 0 radical (unpaired) electrons. The van der Waals surface area contributed by atoms with Crippen molar-refractivity contribution in [1.29, 1.82) is 0 Å². The Labute approximate surface area is 136 Å². The highest BCUT2D eigenvalue weighted by Gasteiger charge is 2.38. The summed E-state index contributed by atoms with van der Waals surface area (Å²) in [6.45, 7) is 7.39. The maximum atomic E-state index is 6.88. The zero-order chi connectivity index (χ0) is 14.8. The molecule has 1 saturated carbocycles. The first-order chi connectivity index (χ1) is 9.45. The second-order valence-electron chi connectivity index (χ2n) is 6.36. The number of benzene rings is 1. The SMILES string of the molecule is CCOc1ccc(Br)cc1C(Cl)C1CCCCC1(C)C. The van der Waals surface area contributed by atoms with Crippen molar-refractivity contribution in [3.05, 3.63) is 28.2 Å². The molecule has 3 heteroatoms. The summed E-state index contributed by atoms with van der Waals surface area (Å²) in [6, 6.07) is 6.16. The molecule has 0 aliphatic heterocycles. The van der Waals surface area contributed by atoms with Gasteiger partial charge in [-0.15, -0.1) is 11.6 Å². The van der Waals surface area contributed by atoms with Gasteiger partial charge in [-0.05, 0) is 49.3 Å². The van der Waals surface area contributed by atoms with E-state index in [1.54, 1.807) is 0 Å². The molecule has 2 rings (SSSR count). The number of ether oxygens (including phenoxy) is 1. The molecule has 0 amide bonds. The predicted molar refractivity (Wildman–Crippen MR) is 89.6 cm³/mol. The molecule has 2 atom stereocenters. The van der Waals surface area contributed by atoms with Crippen LogP contribution in [0.15, 0.2) is 22.7 Å². The number of halogens is 2. The van der Waals surface area contributed by atoms with Crippen molar-refractivity contribution in [3.8, 4) is 5.75 Å². The summed E-state index contributed by atoms with van der Waals surface area (Å²) >= 11 is 10.4. The Balaban J connectivity index is 2.31. The van der Waals surface area contributed by atoms with Crippen LogP contribution in [0, 0.1) is 11.3 Å². The lowest BCUT2D eigenvalue weighted by Gasteiger charge is -2.41. The first-order valence-corrected chi connectivity index (χ1v) is 8.75. The molecule has 0 heterocycles. The van der Waals surface area contributed by atoms with Crippen LogP contribution in [0.3, 0.4) is 0 Å². The molecule has 1 aliphatic carbocycles. The van der Waals surface area contributed by atoms with Gasteiger partial charge < -0.3 is 4.74 Å². The molecule has 1 aliphatic rings. The van der Waals surface area contributed by atoms with Gasteiger partial charge in [-0.3, -0.25) is 0 Å². The molecule has 0 N–H and O–H groups in total. The highest BCUT2D eigenvalue weighted by molar-refractivity contribution is 9.10. The van der Waals surface area contributed by atoms with Gasteiger partial charge in [0.2, 0.25) is 0 Å². The van der Waals surface area contributed by atoms with Crippen molar-refractivity contribution in [2.24, 2.45) is 11.3 Å². The molecule has 2 unspecified atom stereocenters. The van der Waals surface area contributed by atoms with Crippen LogP contribution in [0.5, 0.6) is 5.75 Å². The summed E-state index contributed by atoms with van der Waals surface area (Å²) in [4.78, 5) is 0. The Morgan fingerprint density at radius 2 is 2.15 bits per heavy atom. The van der Waals surface area contributed by atoms with Crippen LogP contribution in [0.2, 0.25) is 0 Å². The fraction of sp³-hybridized carbons (Fsp3) is 0.647.